The van der Waals surface area contributed by atoms with Crippen LogP contribution in [0.15, 0.2) is 24.3 Å². The molecule has 2 heterocycles. The van der Waals surface area contributed by atoms with Gasteiger partial charge in [-0.15, -0.1) is 0 Å². The summed E-state index contributed by atoms with van der Waals surface area (Å²) in [7, 11) is 0. The quantitative estimate of drug-likeness (QED) is 0.750. The number of para-hydroxylation sites is 2. The number of hydrogen-bond donors (Lipinski definition) is 3. The molecule has 0 aliphatic carbocycles. The van der Waals surface area contributed by atoms with Crippen LogP contribution in [0.5, 0.6) is 0 Å². The van der Waals surface area contributed by atoms with Gasteiger partial charge in [0.15, 0.2) is 0 Å². The van der Waals surface area contributed by atoms with E-state index in [1.165, 1.54) is 0 Å². The first-order valence-electron chi connectivity index (χ1n) is 7.26. The molecule has 0 radical (unpaired) electrons. The Balaban J connectivity index is 1.59. The lowest BCUT2D eigenvalue weighted by atomic mass is 10.2. The third-order valence-corrected chi connectivity index (χ3v) is 3.90. The summed E-state index contributed by atoms with van der Waals surface area (Å²) < 4.78 is 2.10. The number of nitrogens with one attached hydrogen (secondary N) is 2. The maximum Gasteiger partial charge on any atom is 0.237 e. The van der Waals surface area contributed by atoms with Gasteiger partial charge >= 0.3 is 0 Å². The van der Waals surface area contributed by atoms with Crippen LogP contribution in [-0.2, 0) is 11.3 Å². The fraction of sp³-hybridized carbons (Fsp3) is 0.467. The molecule has 0 bridgehead atoms. The van der Waals surface area contributed by atoms with E-state index in [0.29, 0.717) is 26.1 Å². The average molecular weight is 288 g/mol. The first-order valence-corrected chi connectivity index (χ1v) is 7.26. The highest BCUT2D eigenvalue weighted by molar-refractivity contribution is 5.82. The smallest absolute Gasteiger partial charge is 0.237 e. The normalized spacial score (nSPS) is 21.8. The molecule has 1 fully saturated rings. The number of rotatable bonds is 4. The molecular formula is C15H20N4O2. The van der Waals surface area contributed by atoms with Gasteiger partial charge < -0.3 is 20.3 Å². The molecule has 0 unspecified atom stereocenters. The van der Waals surface area contributed by atoms with Crippen molar-refractivity contribution in [3.05, 3.63) is 30.1 Å². The van der Waals surface area contributed by atoms with E-state index in [9.17, 15) is 9.90 Å². The number of aliphatic hydroxyl groups excluding tert-OH is 1. The maximum absolute atomic E-state index is 12.0. The average Bonchev–Trinajstić information content (AvgIpc) is 3.03. The van der Waals surface area contributed by atoms with Crippen molar-refractivity contribution < 1.29 is 9.90 Å². The van der Waals surface area contributed by atoms with Crippen molar-refractivity contribution in [2.75, 3.05) is 13.1 Å². The van der Waals surface area contributed by atoms with Crippen LogP contribution in [0.1, 0.15) is 12.2 Å². The van der Waals surface area contributed by atoms with Gasteiger partial charge in [-0.25, -0.2) is 4.98 Å². The summed E-state index contributed by atoms with van der Waals surface area (Å²) in [5.74, 6) is 0.897. The van der Waals surface area contributed by atoms with E-state index < -0.39 is 6.10 Å². The number of imidazole rings is 1. The van der Waals surface area contributed by atoms with Gasteiger partial charge in [-0.1, -0.05) is 12.1 Å². The molecule has 1 aliphatic rings. The number of benzene rings is 1. The number of aryl methyl sites for hydroxylation is 1. The molecule has 1 aliphatic heterocycles. The SMILES string of the molecule is Cc1nc2ccccc2n1CCNC(=O)[C@@H]1C[C@@H](O)CN1. The first-order chi connectivity index (χ1) is 10.1. The molecular weight excluding hydrogens is 268 g/mol. The predicted octanol–water partition coefficient (Wildman–Crippen LogP) is 0.184. The van der Waals surface area contributed by atoms with E-state index in [4.69, 9.17) is 0 Å². The molecule has 3 N–H and O–H groups in total. The summed E-state index contributed by atoms with van der Waals surface area (Å²) in [5.41, 5.74) is 2.06. The molecule has 0 saturated carbocycles. The van der Waals surface area contributed by atoms with Crippen LogP contribution in [0.3, 0.4) is 0 Å². The molecule has 112 valence electrons. The predicted molar refractivity (Wildman–Crippen MR) is 79.9 cm³/mol. The second-order valence-electron chi connectivity index (χ2n) is 5.44. The van der Waals surface area contributed by atoms with Gasteiger partial charge in [-0.05, 0) is 25.5 Å². The third-order valence-electron chi connectivity index (χ3n) is 3.90. The lowest BCUT2D eigenvalue weighted by molar-refractivity contribution is -0.122. The molecule has 3 rings (SSSR count). The van der Waals surface area contributed by atoms with E-state index >= 15 is 0 Å². The number of nitrogens with zero attached hydrogens (tertiary/aromatic N) is 2. The minimum atomic E-state index is -0.416. The Hall–Kier alpha value is -1.92. The second kappa shape index (κ2) is 5.83. The lowest BCUT2D eigenvalue weighted by Gasteiger charge is -2.12. The molecule has 21 heavy (non-hydrogen) atoms. The number of fused-ring (bicyclic) bond motifs is 1. The summed E-state index contributed by atoms with van der Waals surface area (Å²) in [6.45, 7) is 3.70. The Morgan fingerprint density at radius 2 is 2.33 bits per heavy atom. The molecule has 0 spiro atoms. The number of carbonyl (C=O) groups is 1. The van der Waals surface area contributed by atoms with Crippen molar-refractivity contribution in [3.63, 3.8) is 0 Å². The third kappa shape index (κ3) is 2.91. The molecule has 1 aromatic heterocycles. The summed E-state index contributed by atoms with van der Waals surface area (Å²) >= 11 is 0. The van der Waals surface area contributed by atoms with E-state index in [0.717, 1.165) is 16.9 Å². The fourth-order valence-electron chi connectivity index (χ4n) is 2.81. The summed E-state index contributed by atoms with van der Waals surface area (Å²) in [5, 5.41) is 15.3. The van der Waals surface area contributed by atoms with Gasteiger partial charge in [0, 0.05) is 19.6 Å². The standard InChI is InChI=1S/C15H20N4O2/c1-10-18-12-4-2-3-5-14(12)19(10)7-6-16-15(21)13-8-11(20)9-17-13/h2-5,11,13,17,20H,6-9H2,1H3,(H,16,21)/t11-,13+/m1/s1. The Kier molecular flexibility index (Phi) is 3.90. The lowest BCUT2D eigenvalue weighted by Crippen LogP contribution is -2.41. The van der Waals surface area contributed by atoms with Gasteiger partial charge in [0.25, 0.3) is 0 Å². The van der Waals surface area contributed by atoms with Crippen LogP contribution >= 0.6 is 0 Å². The van der Waals surface area contributed by atoms with Crippen molar-refractivity contribution in [1.82, 2.24) is 20.2 Å². The van der Waals surface area contributed by atoms with E-state index in [2.05, 4.69) is 20.2 Å². The van der Waals surface area contributed by atoms with E-state index in [-0.39, 0.29) is 11.9 Å². The highest BCUT2D eigenvalue weighted by Crippen LogP contribution is 2.14. The van der Waals surface area contributed by atoms with Crippen LogP contribution in [0.25, 0.3) is 11.0 Å². The first kappa shape index (κ1) is 14.0. The second-order valence-corrected chi connectivity index (χ2v) is 5.44. The molecule has 6 heteroatoms. The molecule has 1 saturated heterocycles. The number of β-amino-alcohol motifs (C(OH)–C–C–N with tert-alkyl or cyclic N) is 1. The van der Waals surface area contributed by atoms with Crippen molar-refractivity contribution in [1.29, 1.82) is 0 Å². The van der Waals surface area contributed by atoms with Crippen LogP contribution in [0.2, 0.25) is 0 Å². The van der Waals surface area contributed by atoms with Crippen LogP contribution in [0.4, 0.5) is 0 Å². The molecule has 2 atom stereocenters. The van der Waals surface area contributed by atoms with Gasteiger partial charge in [-0.2, -0.15) is 0 Å². The maximum atomic E-state index is 12.0. The number of hydrogen-bond acceptors (Lipinski definition) is 4. The molecule has 1 amide bonds. The minimum absolute atomic E-state index is 0.0476. The topological polar surface area (TPSA) is 79.2 Å². The Bertz CT molecular complexity index is 652. The van der Waals surface area contributed by atoms with Crippen LogP contribution in [-0.4, -0.2) is 45.8 Å². The zero-order valence-electron chi connectivity index (χ0n) is 12.0. The Labute approximate surface area is 123 Å². The van der Waals surface area contributed by atoms with Gasteiger partial charge in [-0.3, -0.25) is 4.79 Å². The highest BCUT2D eigenvalue weighted by Gasteiger charge is 2.27. The fourth-order valence-corrected chi connectivity index (χ4v) is 2.81. The van der Waals surface area contributed by atoms with Gasteiger partial charge in [0.1, 0.15) is 5.82 Å². The molecule has 6 nitrogen and oxygen atoms in total. The number of aromatic nitrogens is 2. The Morgan fingerprint density at radius 3 is 3.10 bits per heavy atom. The van der Waals surface area contributed by atoms with Gasteiger partial charge in [0.2, 0.25) is 5.91 Å². The number of carbonyl (C=O) groups excluding carboxylic acids is 1. The van der Waals surface area contributed by atoms with Crippen molar-refractivity contribution in [3.8, 4) is 0 Å². The zero-order chi connectivity index (χ0) is 14.8. The zero-order valence-corrected chi connectivity index (χ0v) is 12.0. The van der Waals surface area contributed by atoms with Gasteiger partial charge in [0.05, 0.1) is 23.2 Å². The van der Waals surface area contributed by atoms with Crippen LogP contribution in [0, 0.1) is 6.92 Å². The summed E-state index contributed by atoms with van der Waals surface area (Å²) in [4.78, 5) is 16.5. The molecule has 1 aromatic carbocycles. The minimum Gasteiger partial charge on any atom is -0.392 e. The number of amides is 1. The highest BCUT2D eigenvalue weighted by atomic mass is 16.3. The number of aliphatic hydroxyl groups is 1. The van der Waals surface area contributed by atoms with Crippen LogP contribution < -0.4 is 10.6 Å². The van der Waals surface area contributed by atoms with E-state index in [1.54, 1.807) is 0 Å². The molecule has 2 aromatic rings. The summed E-state index contributed by atoms with van der Waals surface area (Å²) in [6.07, 6.45) is 0.0689. The monoisotopic (exact) mass is 288 g/mol. The van der Waals surface area contributed by atoms with Crippen molar-refractivity contribution >= 4 is 16.9 Å². The van der Waals surface area contributed by atoms with Crippen molar-refractivity contribution in [2.45, 2.75) is 32.0 Å². The summed E-state index contributed by atoms with van der Waals surface area (Å²) in [6, 6.07) is 7.70. The Morgan fingerprint density at radius 1 is 1.52 bits per heavy atom. The largest absolute Gasteiger partial charge is 0.392 e. The van der Waals surface area contributed by atoms with Crippen molar-refractivity contribution in [2.24, 2.45) is 0 Å². The van der Waals surface area contributed by atoms with E-state index in [1.807, 2.05) is 31.2 Å².